The van der Waals surface area contributed by atoms with Gasteiger partial charge in [-0.2, -0.15) is 0 Å². The van der Waals surface area contributed by atoms with Crippen LogP contribution in [0.3, 0.4) is 0 Å². The van der Waals surface area contributed by atoms with Gasteiger partial charge in [-0.15, -0.1) is 0 Å². The highest BCUT2D eigenvalue weighted by Gasteiger charge is 2.27. The summed E-state index contributed by atoms with van der Waals surface area (Å²) < 4.78 is 23.6. The number of hydrogen-bond acceptors (Lipinski definition) is 5. The third-order valence-corrected chi connectivity index (χ3v) is 4.88. The normalized spacial score (nSPS) is 11.3. The number of anilines is 1. The van der Waals surface area contributed by atoms with Crippen molar-refractivity contribution >= 4 is 44.4 Å². The second kappa shape index (κ2) is 6.96. The van der Waals surface area contributed by atoms with Crippen LogP contribution in [-0.2, 0) is 16.4 Å². The molecule has 0 bridgehead atoms. The first-order valence-corrected chi connectivity index (χ1v) is 9.38. The van der Waals surface area contributed by atoms with Crippen molar-refractivity contribution in [1.82, 2.24) is 0 Å². The summed E-state index contributed by atoms with van der Waals surface area (Å²) in [6, 6.07) is 9.16. The fourth-order valence-electron chi connectivity index (χ4n) is 2.36. The molecule has 0 aliphatic rings. The largest absolute Gasteiger partial charge is 0.365 e. The van der Waals surface area contributed by atoms with Gasteiger partial charge in [-0.25, -0.2) is 8.42 Å². The SMILES string of the molecule is CN(Cc1cc(Cl)cc(Cl)c1)c1cccc(S(C)(=O)=O)c1[N+](=O)[O-]. The number of nitro benzene ring substituents is 1. The second-order valence-corrected chi connectivity index (χ2v) is 8.14. The maximum Gasteiger partial charge on any atom is 0.311 e. The molecule has 0 fully saturated rings. The van der Waals surface area contributed by atoms with Crippen LogP contribution >= 0.6 is 23.2 Å². The van der Waals surface area contributed by atoms with Crippen molar-refractivity contribution in [2.24, 2.45) is 0 Å². The quantitative estimate of drug-likeness (QED) is 0.572. The number of rotatable bonds is 5. The Morgan fingerprint density at radius 1 is 1.17 bits per heavy atom. The van der Waals surface area contributed by atoms with E-state index in [2.05, 4.69) is 0 Å². The average Bonchev–Trinajstić information content (AvgIpc) is 2.44. The molecule has 2 aromatic rings. The molecule has 0 atom stereocenters. The lowest BCUT2D eigenvalue weighted by Crippen LogP contribution is -2.19. The molecule has 0 saturated carbocycles. The molecule has 128 valence electrons. The van der Waals surface area contributed by atoms with Crippen molar-refractivity contribution in [1.29, 1.82) is 0 Å². The summed E-state index contributed by atoms with van der Waals surface area (Å²) in [4.78, 5) is 12.0. The molecule has 0 aliphatic carbocycles. The van der Waals surface area contributed by atoms with E-state index in [0.717, 1.165) is 11.8 Å². The Morgan fingerprint density at radius 3 is 2.25 bits per heavy atom. The van der Waals surface area contributed by atoms with Gasteiger partial charge in [-0.05, 0) is 35.9 Å². The summed E-state index contributed by atoms with van der Waals surface area (Å²) in [6.45, 7) is 0.272. The van der Waals surface area contributed by atoms with Crippen LogP contribution in [0.25, 0.3) is 0 Å². The van der Waals surface area contributed by atoms with E-state index >= 15 is 0 Å². The van der Waals surface area contributed by atoms with Crippen LogP contribution in [0.15, 0.2) is 41.3 Å². The molecule has 2 rings (SSSR count). The first-order chi connectivity index (χ1) is 11.1. The van der Waals surface area contributed by atoms with Gasteiger partial charge in [-0.1, -0.05) is 29.3 Å². The number of hydrogen-bond donors (Lipinski definition) is 0. The third-order valence-electron chi connectivity index (χ3n) is 3.31. The van der Waals surface area contributed by atoms with Gasteiger partial charge in [0.05, 0.1) is 4.92 Å². The summed E-state index contributed by atoms with van der Waals surface area (Å²) in [5.74, 6) is 0. The lowest BCUT2D eigenvalue weighted by atomic mass is 10.2. The number of sulfone groups is 1. The summed E-state index contributed by atoms with van der Waals surface area (Å²) >= 11 is 11.9. The molecular formula is C15H14Cl2N2O4S. The van der Waals surface area contributed by atoms with E-state index in [1.807, 2.05) is 0 Å². The van der Waals surface area contributed by atoms with E-state index in [4.69, 9.17) is 23.2 Å². The highest BCUT2D eigenvalue weighted by molar-refractivity contribution is 7.90. The molecule has 0 N–H and O–H groups in total. The van der Waals surface area contributed by atoms with Crippen molar-refractivity contribution in [3.05, 3.63) is 62.1 Å². The Bertz CT molecular complexity index is 880. The predicted octanol–water partition coefficient (Wildman–Crippen LogP) is 3.94. The topological polar surface area (TPSA) is 80.5 Å². The standard InChI is InChI=1S/C15H14Cl2N2O4S/c1-18(9-10-6-11(16)8-12(17)7-10)13-4-3-5-14(24(2,22)23)15(13)19(20)21/h3-8H,9H2,1-2H3. The zero-order valence-electron chi connectivity index (χ0n) is 12.9. The molecule has 0 spiro atoms. The minimum Gasteiger partial charge on any atom is -0.365 e. The van der Waals surface area contributed by atoms with Gasteiger partial charge >= 0.3 is 5.69 Å². The molecule has 0 amide bonds. The molecule has 9 heteroatoms. The molecule has 24 heavy (non-hydrogen) atoms. The van der Waals surface area contributed by atoms with E-state index in [9.17, 15) is 18.5 Å². The summed E-state index contributed by atoms with van der Waals surface area (Å²) in [6.07, 6.45) is 0.940. The number of nitro groups is 1. The molecule has 0 aromatic heterocycles. The maximum atomic E-state index is 11.8. The molecule has 0 aliphatic heterocycles. The van der Waals surface area contributed by atoms with E-state index < -0.39 is 20.4 Å². The lowest BCUT2D eigenvalue weighted by Gasteiger charge is -2.20. The third kappa shape index (κ3) is 4.17. The summed E-state index contributed by atoms with van der Waals surface area (Å²) in [7, 11) is -2.10. The van der Waals surface area contributed by atoms with Crippen molar-refractivity contribution in [3.8, 4) is 0 Å². The Hall–Kier alpha value is -1.83. The Kier molecular flexibility index (Phi) is 5.37. The summed E-state index contributed by atoms with van der Waals surface area (Å²) in [5.41, 5.74) is 0.490. The Balaban J connectivity index is 2.49. The highest BCUT2D eigenvalue weighted by atomic mass is 35.5. The average molecular weight is 389 g/mol. The van der Waals surface area contributed by atoms with Gasteiger partial charge < -0.3 is 4.90 Å². The maximum absolute atomic E-state index is 11.8. The molecule has 2 aromatic carbocycles. The van der Waals surface area contributed by atoms with Gasteiger partial charge in [0.2, 0.25) is 0 Å². The van der Waals surface area contributed by atoms with Crippen molar-refractivity contribution in [2.75, 3.05) is 18.2 Å². The molecule has 6 nitrogen and oxygen atoms in total. The van der Waals surface area contributed by atoms with Gasteiger partial charge in [0.15, 0.2) is 9.84 Å². The Labute approximate surface area is 149 Å². The van der Waals surface area contributed by atoms with Gasteiger partial charge in [0.1, 0.15) is 10.6 Å². The van der Waals surface area contributed by atoms with Gasteiger partial charge in [0.25, 0.3) is 0 Å². The lowest BCUT2D eigenvalue weighted by molar-refractivity contribution is -0.387. The number of nitrogens with zero attached hydrogens (tertiary/aromatic N) is 2. The van der Waals surface area contributed by atoms with E-state index in [-0.39, 0.29) is 17.1 Å². The van der Waals surface area contributed by atoms with Crippen LogP contribution in [0.4, 0.5) is 11.4 Å². The van der Waals surface area contributed by atoms with Crippen LogP contribution in [0.1, 0.15) is 5.56 Å². The van der Waals surface area contributed by atoms with Crippen molar-refractivity contribution in [2.45, 2.75) is 11.4 Å². The Morgan fingerprint density at radius 2 is 1.75 bits per heavy atom. The van der Waals surface area contributed by atoms with E-state index in [1.54, 1.807) is 30.1 Å². The van der Waals surface area contributed by atoms with Crippen molar-refractivity contribution < 1.29 is 13.3 Å². The first-order valence-electron chi connectivity index (χ1n) is 6.73. The second-order valence-electron chi connectivity index (χ2n) is 5.29. The zero-order valence-corrected chi connectivity index (χ0v) is 15.2. The van der Waals surface area contributed by atoms with Gasteiger partial charge in [-0.3, -0.25) is 10.1 Å². The molecule has 0 heterocycles. The van der Waals surface area contributed by atoms with E-state index in [0.29, 0.717) is 10.0 Å². The zero-order chi connectivity index (χ0) is 18.1. The molecule has 0 saturated heterocycles. The fraction of sp³-hybridized carbons (Fsp3) is 0.200. The molecular weight excluding hydrogens is 375 g/mol. The fourth-order valence-corrected chi connectivity index (χ4v) is 3.79. The number of benzene rings is 2. The molecule has 0 radical (unpaired) electrons. The minimum atomic E-state index is -3.73. The van der Waals surface area contributed by atoms with Crippen LogP contribution in [0.5, 0.6) is 0 Å². The molecule has 0 unspecified atom stereocenters. The number of halogens is 2. The minimum absolute atomic E-state index is 0.194. The van der Waals surface area contributed by atoms with Crippen LogP contribution < -0.4 is 4.90 Å². The smallest absolute Gasteiger partial charge is 0.311 e. The summed E-state index contributed by atoms with van der Waals surface area (Å²) in [5, 5.41) is 12.3. The van der Waals surface area contributed by atoms with Crippen LogP contribution in [0, 0.1) is 10.1 Å². The van der Waals surface area contributed by atoms with E-state index in [1.165, 1.54) is 18.2 Å². The van der Waals surface area contributed by atoms with Crippen LogP contribution in [-0.4, -0.2) is 26.6 Å². The highest BCUT2D eigenvalue weighted by Crippen LogP contribution is 2.35. The predicted molar refractivity (Wildman–Crippen MR) is 94.8 cm³/mol. The van der Waals surface area contributed by atoms with Crippen LogP contribution in [0.2, 0.25) is 10.0 Å². The van der Waals surface area contributed by atoms with Crippen molar-refractivity contribution in [3.63, 3.8) is 0 Å². The van der Waals surface area contributed by atoms with Gasteiger partial charge in [0, 0.05) is 29.9 Å². The number of para-hydroxylation sites is 1. The first kappa shape index (κ1) is 18.5. The monoisotopic (exact) mass is 388 g/mol.